The first-order valence-corrected chi connectivity index (χ1v) is 7.58. The second-order valence-corrected chi connectivity index (χ2v) is 5.77. The molecule has 1 aromatic carbocycles. The fourth-order valence-corrected chi connectivity index (χ4v) is 2.08. The zero-order valence-electron chi connectivity index (χ0n) is 13.5. The van der Waals surface area contributed by atoms with Gasteiger partial charge in [-0.25, -0.2) is 0 Å². The Hall–Kier alpha value is -0.780. The van der Waals surface area contributed by atoms with Crippen molar-refractivity contribution in [3.63, 3.8) is 0 Å². The molecule has 0 N–H and O–H groups in total. The summed E-state index contributed by atoms with van der Waals surface area (Å²) in [6.45, 7) is 15.5. The van der Waals surface area contributed by atoms with Gasteiger partial charge in [0.1, 0.15) is 0 Å². The Morgan fingerprint density at radius 3 is 2.22 bits per heavy atom. The summed E-state index contributed by atoms with van der Waals surface area (Å²) in [6, 6.07) is 9.12. The molecule has 0 heterocycles. The lowest BCUT2D eigenvalue weighted by molar-refractivity contribution is 0.457. The lowest BCUT2D eigenvalue weighted by atomic mass is 9.79. The van der Waals surface area contributed by atoms with Gasteiger partial charge < -0.3 is 0 Å². The molecule has 0 saturated carbocycles. The number of hydrogen-bond donors (Lipinski definition) is 0. The Labute approximate surface area is 115 Å². The molecule has 0 aliphatic heterocycles. The average molecular weight is 248 g/mol. The predicted molar refractivity (Wildman–Crippen MR) is 84.4 cm³/mol. The van der Waals surface area contributed by atoms with Gasteiger partial charge in [-0.15, -0.1) is 0 Å². The summed E-state index contributed by atoms with van der Waals surface area (Å²) in [5.74, 6) is 0.627. The molecular weight excluding hydrogens is 216 g/mol. The highest BCUT2D eigenvalue weighted by molar-refractivity contribution is 5.30. The van der Waals surface area contributed by atoms with E-state index >= 15 is 0 Å². The highest BCUT2D eigenvalue weighted by atomic mass is 14.2. The van der Waals surface area contributed by atoms with E-state index in [4.69, 9.17) is 0 Å². The lowest BCUT2D eigenvalue weighted by Gasteiger charge is -2.26. The van der Waals surface area contributed by atoms with Crippen molar-refractivity contribution < 1.29 is 0 Å². The second kappa shape index (κ2) is 8.34. The van der Waals surface area contributed by atoms with Crippen LogP contribution < -0.4 is 0 Å². The SMILES string of the molecule is CC.CCCCC(C)(C)c1cccc(C(C)C)c1. The van der Waals surface area contributed by atoms with Crippen LogP contribution in [0.25, 0.3) is 0 Å². The maximum Gasteiger partial charge on any atom is -0.0103 e. The molecule has 18 heavy (non-hydrogen) atoms. The van der Waals surface area contributed by atoms with Crippen LogP contribution in [0.5, 0.6) is 0 Å². The maximum absolute atomic E-state index is 2.39. The Morgan fingerprint density at radius 2 is 1.72 bits per heavy atom. The molecule has 1 rings (SSSR count). The van der Waals surface area contributed by atoms with Crippen molar-refractivity contribution in [2.75, 3.05) is 0 Å². The van der Waals surface area contributed by atoms with Gasteiger partial charge in [0.05, 0.1) is 0 Å². The summed E-state index contributed by atoms with van der Waals surface area (Å²) in [4.78, 5) is 0. The van der Waals surface area contributed by atoms with Crippen molar-refractivity contribution in [1.82, 2.24) is 0 Å². The number of hydrogen-bond acceptors (Lipinski definition) is 0. The summed E-state index contributed by atoms with van der Waals surface area (Å²) in [5, 5.41) is 0. The van der Waals surface area contributed by atoms with Crippen molar-refractivity contribution in [2.45, 2.75) is 79.1 Å². The molecule has 0 bridgehead atoms. The Balaban J connectivity index is 0.00000137. The second-order valence-electron chi connectivity index (χ2n) is 5.77. The summed E-state index contributed by atoms with van der Waals surface area (Å²) < 4.78 is 0. The van der Waals surface area contributed by atoms with Crippen molar-refractivity contribution in [1.29, 1.82) is 0 Å². The summed E-state index contributed by atoms with van der Waals surface area (Å²) in [6.07, 6.45) is 3.89. The van der Waals surface area contributed by atoms with E-state index in [1.54, 1.807) is 0 Å². The van der Waals surface area contributed by atoms with Crippen LogP contribution in [0, 0.1) is 0 Å². The van der Waals surface area contributed by atoms with Gasteiger partial charge in [-0.3, -0.25) is 0 Å². The molecule has 0 aliphatic rings. The van der Waals surface area contributed by atoms with Crippen LogP contribution in [0.3, 0.4) is 0 Å². The van der Waals surface area contributed by atoms with Crippen LogP contribution in [0.4, 0.5) is 0 Å². The quantitative estimate of drug-likeness (QED) is 0.573. The van der Waals surface area contributed by atoms with E-state index in [1.165, 1.54) is 30.4 Å². The van der Waals surface area contributed by atoms with Crippen molar-refractivity contribution in [2.24, 2.45) is 0 Å². The number of benzene rings is 1. The molecular formula is C18H32. The van der Waals surface area contributed by atoms with Crippen molar-refractivity contribution in [3.8, 4) is 0 Å². The van der Waals surface area contributed by atoms with Crippen LogP contribution in [-0.2, 0) is 5.41 Å². The first-order chi connectivity index (χ1) is 8.47. The predicted octanol–water partition coefficient (Wildman–Crippen LogP) is 6.30. The van der Waals surface area contributed by atoms with E-state index in [-0.39, 0.29) is 0 Å². The number of rotatable bonds is 5. The normalized spacial score (nSPS) is 11.1. The molecule has 0 unspecified atom stereocenters. The topological polar surface area (TPSA) is 0 Å². The highest BCUT2D eigenvalue weighted by Gasteiger charge is 2.20. The van der Waals surface area contributed by atoms with E-state index in [9.17, 15) is 0 Å². The molecule has 104 valence electrons. The molecule has 0 saturated heterocycles. The molecule has 0 aromatic heterocycles. The largest absolute Gasteiger partial charge is 0.0683 e. The van der Waals surface area contributed by atoms with Crippen molar-refractivity contribution >= 4 is 0 Å². The minimum atomic E-state index is 0.320. The van der Waals surface area contributed by atoms with E-state index in [0.29, 0.717) is 11.3 Å². The highest BCUT2D eigenvalue weighted by Crippen LogP contribution is 2.30. The molecule has 0 amide bonds. The van der Waals surface area contributed by atoms with Crippen molar-refractivity contribution in [3.05, 3.63) is 35.4 Å². The summed E-state index contributed by atoms with van der Waals surface area (Å²) >= 11 is 0. The minimum Gasteiger partial charge on any atom is -0.0683 e. The van der Waals surface area contributed by atoms with Crippen LogP contribution in [0.1, 0.15) is 84.8 Å². The van der Waals surface area contributed by atoms with E-state index in [1.807, 2.05) is 13.8 Å². The first-order valence-electron chi connectivity index (χ1n) is 7.58. The first kappa shape index (κ1) is 17.2. The zero-order valence-corrected chi connectivity index (χ0v) is 13.5. The molecule has 1 aromatic rings. The molecule has 0 heteroatoms. The van der Waals surface area contributed by atoms with E-state index < -0.39 is 0 Å². The van der Waals surface area contributed by atoms with Gasteiger partial charge in [-0.2, -0.15) is 0 Å². The smallest absolute Gasteiger partial charge is 0.0103 e. The van der Waals surface area contributed by atoms with Gasteiger partial charge in [0.25, 0.3) is 0 Å². The van der Waals surface area contributed by atoms with E-state index in [2.05, 4.69) is 58.9 Å². The van der Waals surface area contributed by atoms with Gasteiger partial charge in [-0.05, 0) is 28.9 Å². The zero-order chi connectivity index (χ0) is 14.2. The van der Waals surface area contributed by atoms with Crippen LogP contribution in [0.2, 0.25) is 0 Å². The Bertz CT molecular complexity index is 321. The third-order valence-electron chi connectivity index (χ3n) is 3.49. The Kier molecular flexibility index (Phi) is 7.98. The van der Waals surface area contributed by atoms with Crippen LogP contribution in [-0.4, -0.2) is 0 Å². The lowest BCUT2D eigenvalue weighted by Crippen LogP contribution is -2.17. The van der Waals surface area contributed by atoms with Gasteiger partial charge in [0.15, 0.2) is 0 Å². The van der Waals surface area contributed by atoms with Gasteiger partial charge in [-0.1, -0.05) is 85.6 Å². The fourth-order valence-electron chi connectivity index (χ4n) is 2.08. The molecule has 0 radical (unpaired) electrons. The number of unbranched alkanes of at least 4 members (excludes halogenated alkanes) is 1. The van der Waals surface area contributed by atoms with E-state index in [0.717, 1.165) is 0 Å². The van der Waals surface area contributed by atoms with Crippen LogP contribution in [0.15, 0.2) is 24.3 Å². The molecule has 0 spiro atoms. The summed E-state index contributed by atoms with van der Waals surface area (Å²) in [5.41, 5.74) is 3.27. The van der Waals surface area contributed by atoms with Crippen LogP contribution >= 0.6 is 0 Å². The summed E-state index contributed by atoms with van der Waals surface area (Å²) in [7, 11) is 0. The molecule has 0 atom stereocenters. The minimum absolute atomic E-state index is 0.320. The molecule has 0 aliphatic carbocycles. The Morgan fingerprint density at radius 1 is 1.11 bits per heavy atom. The van der Waals surface area contributed by atoms with Gasteiger partial charge >= 0.3 is 0 Å². The fraction of sp³-hybridized carbons (Fsp3) is 0.667. The average Bonchev–Trinajstić information content (AvgIpc) is 2.39. The molecule has 0 fully saturated rings. The third kappa shape index (κ3) is 5.25. The molecule has 0 nitrogen and oxygen atoms in total. The monoisotopic (exact) mass is 248 g/mol. The maximum atomic E-state index is 2.39. The van der Waals surface area contributed by atoms with Gasteiger partial charge in [0, 0.05) is 0 Å². The van der Waals surface area contributed by atoms with Gasteiger partial charge in [0.2, 0.25) is 0 Å². The third-order valence-corrected chi connectivity index (χ3v) is 3.49. The standard InChI is InChI=1S/C16H26.C2H6/c1-6-7-11-16(4,5)15-10-8-9-14(12-15)13(2)3;1-2/h8-10,12-13H,6-7,11H2,1-5H3;1-2H3.